The van der Waals surface area contributed by atoms with Crippen LogP contribution in [0.15, 0.2) is 54.2 Å². The van der Waals surface area contributed by atoms with Crippen molar-refractivity contribution < 1.29 is 14.3 Å². The molecule has 2 aliphatic rings. The maximum atomic E-state index is 13.5. The Bertz CT molecular complexity index is 996. The van der Waals surface area contributed by atoms with E-state index < -0.39 is 5.91 Å². The molecule has 0 aliphatic carbocycles. The van der Waals surface area contributed by atoms with Crippen molar-refractivity contribution in [3.8, 4) is 0 Å². The molecule has 0 radical (unpaired) electrons. The van der Waals surface area contributed by atoms with Crippen molar-refractivity contribution in [2.75, 3.05) is 18.0 Å². The normalized spacial score (nSPS) is 22.6. The number of hydrogen-bond donors (Lipinski definition) is 0. The number of para-hydroxylation sites is 1. The highest BCUT2D eigenvalue weighted by molar-refractivity contribution is 6.47. The zero-order chi connectivity index (χ0) is 20.7. The van der Waals surface area contributed by atoms with Gasteiger partial charge in [-0.1, -0.05) is 47.5 Å². The number of hydrogen-bond acceptors (Lipinski definition) is 4. The molecule has 2 heterocycles. The summed E-state index contributed by atoms with van der Waals surface area (Å²) >= 11 is 12.5. The summed E-state index contributed by atoms with van der Waals surface area (Å²) in [6.45, 7) is 4.93. The highest BCUT2D eigenvalue weighted by Crippen LogP contribution is 2.38. The highest BCUT2D eigenvalue weighted by atomic mass is 35.5. The number of carbonyl (C=O) groups is 2. The Labute approximate surface area is 179 Å². The van der Waals surface area contributed by atoms with Crippen LogP contribution in [0.2, 0.25) is 10.0 Å². The summed E-state index contributed by atoms with van der Waals surface area (Å²) in [6, 6.07) is 13.8. The summed E-state index contributed by atoms with van der Waals surface area (Å²) in [5.41, 5.74) is 1.66. The van der Waals surface area contributed by atoms with Crippen molar-refractivity contribution in [2.45, 2.75) is 26.1 Å². The fraction of sp³-hybridized carbons (Fsp3) is 0.273. The van der Waals surface area contributed by atoms with Gasteiger partial charge in [-0.2, -0.15) is 0 Å². The van der Waals surface area contributed by atoms with Crippen LogP contribution < -0.4 is 4.90 Å². The first-order valence-electron chi connectivity index (χ1n) is 9.40. The first kappa shape index (κ1) is 20.0. The summed E-state index contributed by atoms with van der Waals surface area (Å²) in [5, 5.41) is 0.793. The molecule has 7 heteroatoms. The van der Waals surface area contributed by atoms with Gasteiger partial charge in [0.15, 0.2) is 0 Å². The lowest BCUT2D eigenvalue weighted by molar-refractivity contribution is -0.121. The van der Waals surface area contributed by atoms with Gasteiger partial charge >= 0.3 is 0 Å². The van der Waals surface area contributed by atoms with Gasteiger partial charge < -0.3 is 9.64 Å². The second-order valence-corrected chi connectivity index (χ2v) is 8.13. The van der Waals surface area contributed by atoms with Gasteiger partial charge in [-0.15, -0.1) is 0 Å². The predicted octanol–water partition coefficient (Wildman–Crippen LogP) is 4.39. The second kappa shape index (κ2) is 7.82. The van der Waals surface area contributed by atoms with Gasteiger partial charge in [-0.3, -0.25) is 9.59 Å². The number of amides is 2. The number of ether oxygens (including phenoxy) is 1. The Hall–Kier alpha value is -2.34. The van der Waals surface area contributed by atoms with E-state index in [1.807, 2.05) is 24.8 Å². The third-order valence-corrected chi connectivity index (χ3v) is 5.56. The van der Waals surface area contributed by atoms with Crippen molar-refractivity contribution >= 4 is 46.3 Å². The maximum Gasteiger partial charge on any atom is 0.282 e. The van der Waals surface area contributed by atoms with Crippen molar-refractivity contribution in [3.63, 3.8) is 0 Å². The van der Waals surface area contributed by atoms with Crippen LogP contribution in [0.3, 0.4) is 0 Å². The molecule has 2 aromatic rings. The number of nitrogens with zero attached hydrogens (tertiary/aromatic N) is 2. The van der Waals surface area contributed by atoms with Crippen LogP contribution in [0, 0.1) is 0 Å². The number of halogens is 2. The average molecular weight is 431 g/mol. The molecule has 1 fully saturated rings. The molecular weight excluding hydrogens is 411 g/mol. The first-order valence-corrected chi connectivity index (χ1v) is 10.2. The van der Waals surface area contributed by atoms with Crippen LogP contribution >= 0.6 is 23.2 Å². The topological polar surface area (TPSA) is 49.9 Å². The van der Waals surface area contributed by atoms with Crippen molar-refractivity contribution in [3.05, 3.63) is 69.8 Å². The number of imide groups is 1. The Morgan fingerprint density at radius 2 is 1.59 bits per heavy atom. The number of morpholine rings is 1. The maximum absolute atomic E-state index is 13.5. The monoisotopic (exact) mass is 430 g/mol. The van der Waals surface area contributed by atoms with Crippen LogP contribution in [0.5, 0.6) is 0 Å². The molecule has 1 saturated heterocycles. The van der Waals surface area contributed by atoms with Crippen LogP contribution in [0.25, 0.3) is 5.57 Å². The van der Waals surface area contributed by atoms with E-state index in [2.05, 4.69) is 0 Å². The SMILES string of the molecule is CC1CN(C2=C(c3ccc(Cl)cc3Cl)C(=O)N(c3ccccc3)C2=O)CC(C)O1. The summed E-state index contributed by atoms with van der Waals surface area (Å²) in [5.74, 6) is -0.754. The molecule has 29 heavy (non-hydrogen) atoms. The Morgan fingerprint density at radius 3 is 2.21 bits per heavy atom. The van der Waals surface area contributed by atoms with Crippen LogP contribution in [0.1, 0.15) is 19.4 Å². The first-order chi connectivity index (χ1) is 13.9. The van der Waals surface area contributed by atoms with Crippen molar-refractivity contribution in [1.82, 2.24) is 4.90 Å². The molecule has 0 bridgehead atoms. The largest absolute Gasteiger partial charge is 0.372 e. The minimum atomic E-state index is -0.396. The van der Waals surface area contributed by atoms with Gasteiger partial charge in [-0.25, -0.2) is 4.90 Å². The average Bonchev–Trinajstić information content (AvgIpc) is 2.92. The molecule has 4 rings (SSSR count). The molecule has 0 aromatic heterocycles. The molecule has 0 N–H and O–H groups in total. The highest BCUT2D eigenvalue weighted by Gasteiger charge is 2.44. The molecule has 0 saturated carbocycles. The molecule has 0 spiro atoms. The standard InChI is InChI=1S/C22H20Cl2N2O3/c1-13-11-25(12-14(2)29-13)20-19(17-9-8-15(23)10-18(17)24)21(27)26(22(20)28)16-6-4-3-5-7-16/h3-10,13-14H,11-12H2,1-2H3. The van der Waals surface area contributed by atoms with Gasteiger partial charge in [0, 0.05) is 23.7 Å². The summed E-state index contributed by atoms with van der Waals surface area (Å²) in [4.78, 5) is 30.1. The zero-order valence-corrected chi connectivity index (χ0v) is 17.6. The van der Waals surface area contributed by atoms with Crippen LogP contribution in [0.4, 0.5) is 5.69 Å². The molecule has 2 amide bonds. The fourth-order valence-electron chi connectivity index (χ4n) is 3.92. The van der Waals surface area contributed by atoms with E-state index in [0.717, 1.165) is 0 Å². The van der Waals surface area contributed by atoms with E-state index in [0.29, 0.717) is 45.7 Å². The Morgan fingerprint density at radius 1 is 0.931 bits per heavy atom. The predicted molar refractivity (Wildman–Crippen MR) is 114 cm³/mol. The number of carbonyl (C=O) groups excluding carboxylic acids is 2. The van der Waals surface area contributed by atoms with Crippen LogP contribution in [-0.4, -0.2) is 42.0 Å². The summed E-state index contributed by atoms with van der Waals surface area (Å²) in [7, 11) is 0. The van der Waals surface area contributed by atoms with Crippen molar-refractivity contribution in [1.29, 1.82) is 0 Å². The summed E-state index contributed by atoms with van der Waals surface area (Å²) in [6.07, 6.45) is -0.135. The molecule has 2 atom stereocenters. The van der Waals surface area contributed by atoms with Crippen molar-refractivity contribution in [2.24, 2.45) is 0 Å². The van der Waals surface area contributed by atoms with Gasteiger partial charge in [-0.05, 0) is 38.1 Å². The molecule has 2 aliphatic heterocycles. The molecule has 5 nitrogen and oxygen atoms in total. The molecule has 150 valence electrons. The smallest absolute Gasteiger partial charge is 0.282 e. The number of rotatable bonds is 3. The lowest BCUT2D eigenvalue weighted by Crippen LogP contribution is -2.47. The second-order valence-electron chi connectivity index (χ2n) is 7.29. The summed E-state index contributed by atoms with van der Waals surface area (Å²) < 4.78 is 5.81. The number of benzene rings is 2. The van der Waals surface area contributed by atoms with Gasteiger partial charge in [0.05, 0.1) is 28.5 Å². The third kappa shape index (κ3) is 3.66. The van der Waals surface area contributed by atoms with E-state index in [-0.39, 0.29) is 18.1 Å². The fourth-order valence-corrected chi connectivity index (χ4v) is 4.42. The minimum absolute atomic E-state index is 0.0677. The van der Waals surface area contributed by atoms with E-state index in [4.69, 9.17) is 27.9 Å². The minimum Gasteiger partial charge on any atom is -0.372 e. The lowest BCUT2D eigenvalue weighted by atomic mass is 10.0. The van der Waals surface area contributed by atoms with Crippen LogP contribution in [-0.2, 0) is 14.3 Å². The molecule has 2 unspecified atom stereocenters. The quantitative estimate of drug-likeness (QED) is 0.677. The Balaban J connectivity index is 1.87. The van der Waals surface area contributed by atoms with Gasteiger partial charge in [0.2, 0.25) is 0 Å². The van der Waals surface area contributed by atoms with E-state index in [9.17, 15) is 9.59 Å². The van der Waals surface area contributed by atoms with Gasteiger partial charge in [0.25, 0.3) is 11.8 Å². The van der Waals surface area contributed by atoms with Gasteiger partial charge in [0.1, 0.15) is 5.70 Å². The number of anilines is 1. The van der Waals surface area contributed by atoms with E-state index >= 15 is 0 Å². The third-order valence-electron chi connectivity index (χ3n) is 5.01. The molecular formula is C22H20Cl2N2O3. The van der Waals surface area contributed by atoms with E-state index in [1.54, 1.807) is 42.5 Å². The zero-order valence-electron chi connectivity index (χ0n) is 16.1. The lowest BCUT2D eigenvalue weighted by Gasteiger charge is -2.37. The Kier molecular flexibility index (Phi) is 5.38. The molecule has 2 aromatic carbocycles. The van der Waals surface area contributed by atoms with E-state index in [1.165, 1.54) is 4.90 Å².